The lowest BCUT2D eigenvalue weighted by Gasteiger charge is -2.20. The molecule has 0 fully saturated rings. The van der Waals surface area contributed by atoms with Crippen molar-refractivity contribution >= 4 is 16.9 Å². The van der Waals surface area contributed by atoms with Crippen molar-refractivity contribution in [2.75, 3.05) is 7.11 Å². The van der Waals surface area contributed by atoms with Gasteiger partial charge in [0, 0.05) is 11.9 Å². The summed E-state index contributed by atoms with van der Waals surface area (Å²) in [4.78, 5) is 14.9. The van der Waals surface area contributed by atoms with Crippen LogP contribution in [0.15, 0.2) is 81.8 Å². The smallest absolute Gasteiger partial charge is 0.290 e. The molecule has 0 aliphatic carbocycles. The third-order valence-electron chi connectivity index (χ3n) is 4.37. The highest BCUT2D eigenvalue weighted by Crippen LogP contribution is 2.29. The molecule has 0 saturated heterocycles. The van der Waals surface area contributed by atoms with Crippen molar-refractivity contribution in [2.45, 2.75) is 13.1 Å². The number of benzene rings is 2. The number of amides is 1. The van der Waals surface area contributed by atoms with Gasteiger partial charge < -0.3 is 18.5 Å². The third kappa shape index (κ3) is 3.58. The minimum atomic E-state index is -0.200. The predicted molar refractivity (Wildman–Crippen MR) is 101 cm³/mol. The Hall–Kier alpha value is -3.47. The van der Waals surface area contributed by atoms with Crippen LogP contribution in [0.5, 0.6) is 5.75 Å². The second kappa shape index (κ2) is 7.41. The lowest BCUT2D eigenvalue weighted by molar-refractivity contribution is 0.0687. The van der Waals surface area contributed by atoms with E-state index in [0.717, 1.165) is 10.9 Å². The molecule has 0 aliphatic rings. The van der Waals surface area contributed by atoms with Crippen molar-refractivity contribution < 1.29 is 18.4 Å². The Kier molecular flexibility index (Phi) is 4.66. The van der Waals surface area contributed by atoms with Crippen LogP contribution in [0.2, 0.25) is 0 Å². The van der Waals surface area contributed by atoms with Gasteiger partial charge in [-0.1, -0.05) is 42.5 Å². The molecule has 0 N–H and O–H groups in total. The molecule has 2 heterocycles. The number of carbonyl (C=O) groups excluding carboxylic acids is 1. The van der Waals surface area contributed by atoms with Crippen molar-refractivity contribution in [3.05, 3.63) is 90.1 Å². The van der Waals surface area contributed by atoms with Gasteiger partial charge >= 0.3 is 0 Å². The van der Waals surface area contributed by atoms with E-state index in [0.29, 0.717) is 30.2 Å². The van der Waals surface area contributed by atoms with Gasteiger partial charge in [-0.05, 0) is 29.8 Å². The van der Waals surface area contributed by atoms with Gasteiger partial charge in [-0.3, -0.25) is 4.79 Å². The van der Waals surface area contributed by atoms with Gasteiger partial charge in [-0.2, -0.15) is 0 Å². The molecule has 0 saturated carbocycles. The number of para-hydroxylation sites is 1. The molecule has 0 spiro atoms. The molecular weight excluding hydrogens is 342 g/mol. The first-order chi connectivity index (χ1) is 13.2. The number of hydrogen-bond donors (Lipinski definition) is 0. The number of fused-ring (bicyclic) bond motifs is 1. The van der Waals surface area contributed by atoms with Crippen LogP contribution < -0.4 is 4.74 Å². The zero-order chi connectivity index (χ0) is 18.6. The molecular formula is C22H19NO4. The Morgan fingerprint density at radius 3 is 2.59 bits per heavy atom. The SMILES string of the molecule is COc1cccc2cc(C(=O)N(Cc3ccccc3)Cc3ccco3)oc12. The summed E-state index contributed by atoms with van der Waals surface area (Å²) in [6, 6.07) is 20.8. The van der Waals surface area contributed by atoms with Crippen molar-refractivity contribution in [2.24, 2.45) is 0 Å². The second-order valence-electron chi connectivity index (χ2n) is 6.22. The summed E-state index contributed by atoms with van der Waals surface area (Å²) in [6.45, 7) is 0.809. The molecule has 0 atom stereocenters. The molecule has 2 aromatic carbocycles. The van der Waals surface area contributed by atoms with E-state index in [4.69, 9.17) is 13.6 Å². The second-order valence-corrected chi connectivity index (χ2v) is 6.22. The van der Waals surface area contributed by atoms with Crippen molar-refractivity contribution in [1.29, 1.82) is 0 Å². The highest BCUT2D eigenvalue weighted by atomic mass is 16.5. The van der Waals surface area contributed by atoms with Gasteiger partial charge in [-0.15, -0.1) is 0 Å². The number of nitrogens with zero attached hydrogens (tertiary/aromatic N) is 1. The van der Waals surface area contributed by atoms with E-state index in [1.807, 2.05) is 60.7 Å². The van der Waals surface area contributed by atoms with Crippen LogP contribution in [-0.4, -0.2) is 17.9 Å². The van der Waals surface area contributed by atoms with Crippen LogP contribution in [0.25, 0.3) is 11.0 Å². The number of hydrogen-bond acceptors (Lipinski definition) is 4. The molecule has 5 nitrogen and oxygen atoms in total. The van der Waals surface area contributed by atoms with Gasteiger partial charge in [0.15, 0.2) is 17.1 Å². The molecule has 2 aromatic heterocycles. The summed E-state index contributed by atoms with van der Waals surface area (Å²) >= 11 is 0. The number of carbonyl (C=O) groups is 1. The van der Waals surface area contributed by atoms with Crippen molar-refractivity contribution in [3.63, 3.8) is 0 Å². The van der Waals surface area contributed by atoms with E-state index in [1.54, 1.807) is 24.3 Å². The number of methoxy groups -OCH3 is 1. The highest BCUT2D eigenvalue weighted by molar-refractivity contribution is 5.97. The fraction of sp³-hybridized carbons (Fsp3) is 0.136. The maximum absolute atomic E-state index is 13.2. The lowest BCUT2D eigenvalue weighted by Crippen LogP contribution is -2.29. The predicted octanol–water partition coefficient (Wildman–Crippen LogP) is 4.88. The van der Waals surface area contributed by atoms with Gasteiger partial charge in [0.25, 0.3) is 5.91 Å². The molecule has 0 aliphatic heterocycles. The summed E-state index contributed by atoms with van der Waals surface area (Å²) in [5.41, 5.74) is 1.60. The van der Waals surface area contributed by atoms with Crippen LogP contribution in [0, 0.1) is 0 Å². The van der Waals surface area contributed by atoms with Crippen molar-refractivity contribution in [3.8, 4) is 5.75 Å². The van der Waals surface area contributed by atoms with Crippen LogP contribution in [-0.2, 0) is 13.1 Å². The molecule has 1 amide bonds. The molecule has 5 heteroatoms. The maximum atomic E-state index is 13.2. The summed E-state index contributed by atoms with van der Waals surface area (Å²) in [6.07, 6.45) is 1.60. The summed E-state index contributed by atoms with van der Waals surface area (Å²) in [7, 11) is 1.58. The molecule has 0 radical (unpaired) electrons. The molecule has 136 valence electrons. The maximum Gasteiger partial charge on any atom is 0.290 e. The summed E-state index contributed by atoms with van der Waals surface area (Å²) in [5, 5.41) is 0.829. The molecule has 4 rings (SSSR count). The highest BCUT2D eigenvalue weighted by Gasteiger charge is 2.22. The van der Waals surface area contributed by atoms with Crippen LogP contribution in [0.3, 0.4) is 0 Å². The molecule has 27 heavy (non-hydrogen) atoms. The van der Waals surface area contributed by atoms with Gasteiger partial charge in [0.05, 0.1) is 19.9 Å². The number of rotatable bonds is 6. The Morgan fingerprint density at radius 1 is 1.00 bits per heavy atom. The Balaban J connectivity index is 1.67. The van der Waals surface area contributed by atoms with Gasteiger partial charge in [0.1, 0.15) is 5.76 Å². The quantitative estimate of drug-likeness (QED) is 0.491. The Morgan fingerprint density at radius 2 is 1.85 bits per heavy atom. The largest absolute Gasteiger partial charge is 0.493 e. The molecule has 4 aromatic rings. The van der Waals surface area contributed by atoms with Crippen LogP contribution >= 0.6 is 0 Å². The first-order valence-electron chi connectivity index (χ1n) is 8.67. The fourth-order valence-electron chi connectivity index (χ4n) is 3.05. The Labute approximate surface area is 156 Å². The van der Waals surface area contributed by atoms with Crippen LogP contribution in [0.4, 0.5) is 0 Å². The van der Waals surface area contributed by atoms with Gasteiger partial charge in [0.2, 0.25) is 0 Å². The van der Waals surface area contributed by atoms with E-state index in [-0.39, 0.29) is 11.7 Å². The number of furan rings is 2. The van der Waals surface area contributed by atoms with Crippen LogP contribution in [0.1, 0.15) is 21.9 Å². The van der Waals surface area contributed by atoms with E-state index in [1.165, 1.54) is 0 Å². The third-order valence-corrected chi connectivity index (χ3v) is 4.37. The minimum absolute atomic E-state index is 0.200. The fourth-order valence-corrected chi connectivity index (χ4v) is 3.05. The monoisotopic (exact) mass is 361 g/mol. The lowest BCUT2D eigenvalue weighted by atomic mass is 10.2. The number of ether oxygens (including phenoxy) is 1. The average molecular weight is 361 g/mol. The minimum Gasteiger partial charge on any atom is -0.493 e. The summed E-state index contributed by atoms with van der Waals surface area (Å²) < 4.78 is 16.6. The topological polar surface area (TPSA) is 55.8 Å². The average Bonchev–Trinajstić information content (AvgIpc) is 3.37. The Bertz CT molecular complexity index is 1030. The van der Waals surface area contributed by atoms with Gasteiger partial charge in [-0.25, -0.2) is 0 Å². The zero-order valence-electron chi connectivity index (χ0n) is 14.9. The van der Waals surface area contributed by atoms with E-state index >= 15 is 0 Å². The molecule has 0 unspecified atom stereocenters. The normalized spacial score (nSPS) is 10.9. The first-order valence-corrected chi connectivity index (χ1v) is 8.67. The summed E-state index contributed by atoms with van der Waals surface area (Å²) in [5.74, 6) is 1.39. The first kappa shape index (κ1) is 17.0. The van der Waals surface area contributed by atoms with E-state index in [9.17, 15) is 4.79 Å². The zero-order valence-corrected chi connectivity index (χ0v) is 14.9. The molecule has 0 bridgehead atoms. The van der Waals surface area contributed by atoms with E-state index in [2.05, 4.69) is 0 Å². The standard InChI is InChI=1S/C22H19NO4/c1-25-19-11-5-9-17-13-20(27-21(17)19)22(24)23(15-18-10-6-12-26-18)14-16-7-3-2-4-8-16/h2-13H,14-15H2,1H3. The van der Waals surface area contributed by atoms with E-state index < -0.39 is 0 Å². The van der Waals surface area contributed by atoms with Crippen molar-refractivity contribution in [1.82, 2.24) is 4.90 Å².